The lowest BCUT2D eigenvalue weighted by Gasteiger charge is -2.21. The Kier molecular flexibility index (Phi) is 10.2. The molecule has 0 aliphatic heterocycles. The Labute approximate surface area is 125 Å². The van der Waals surface area contributed by atoms with Gasteiger partial charge in [-0.25, -0.2) is 0 Å². The van der Waals surface area contributed by atoms with Gasteiger partial charge in [-0.15, -0.1) is 0 Å². The molecular formula is C14H25NO6. The highest BCUT2D eigenvalue weighted by Gasteiger charge is 2.39. The summed E-state index contributed by atoms with van der Waals surface area (Å²) >= 11 is 0. The summed E-state index contributed by atoms with van der Waals surface area (Å²) in [5.41, 5.74) is 0. The van der Waals surface area contributed by atoms with Crippen LogP contribution in [0.2, 0.25) is 0 Å². The zero-order chi connectivity index (χ0) is 16.3. The lowest BCUT2D eigenvalue weighted by molar-refractivity contribution is -0.489. The Balaban J connectivity index is 5.07. The van der Waals surface area contributed by atoms with Crippen molar-refractivity contribution in [1.82, 2.24) is 0 Å². The van der Waals surface area contributed by atoms with Gasteiger partial charge in [0.25, 0.3) is 0 Å². The minimum Gasteiger partial charge on any atom is -0.465 e. The van der Waals surface area contributed by atoms with Crippen molar-refractivity contribution in [2.45, 2.75) is 46.5 Å². The van der Waals surface area contributed by atoms with Crippen molar-refractivity contribution < 1.29 is 24.0 Å². The molecule has 0 aromatic heterocycles. The van der Waals surface area contributed by atoms with Gasteiger partial charge in [0.2, 0.25) is 6.54 Å². The number of carbonyl (C=O) groups excluding carboxylic acids is 2. The lowest BCUT2D eigenvalue weighted by atomic mass is 9.87. The fraction of sp³-hybridized carbons (Fsp3) is 0.857. The van der Waals surface area contributed by atoms with Crippen LogP contribution < -0.4 is 0 Å². The molecule has 0 N–H and O–H groups in total. The minimum atomic E-state index is -1.22. The smallest absolute Gasteiger partial charge is 0.320 e. The van der Waals surface area contributed by atoms with Crippen LogP contribution in [0, 0.1) is 22.0 Å². The molecule has 0 rings (SSSR count). The van der Waals surface area contributed by atoms with Gasteiger partial charge in [0, 0.05) is 10.8 Å². The van der Waals surface area contributed by atoms with Gasteiger partial charge in [0.05, 0.1) is 13.2 Å². The highest BCUT2D eigenvalue weighted by molar-refractivity contribution is 5.95. The molecule has 0 heterocycles. The van der Waals surface area contributed by atoms with Gasteiger partial charge < -0.3 is 9.47 Å². The molecule has 21 heavy (non-hydrogen) atoms. The van der Waals surface area contributed by atoms with Gasteiger partial charge in [0.1, 0.15) is 0 Å². The van der Waals surface area contributed by atoms with E-state index in [1.807, 2.05) is 6.92 Å². The molecule has 0 aromatic carbocycles. The van der Waals surface area contributed by atoms with E-state index in [4.69, 9.17) is 9.47 Å². The van der Waals surface area contributed by atoms with Crippen LogP contribution in [0.3, 0.4) is 0 Å². The Morgan fingerprint density at radius 1 is 1.05 bits per heavy atom. The fourth-order valence-corrected chi connectivity index (χ4v) is 2.16. The van der Waals surface area contributed by atoms with E-state index in [1.165, 1.54) is 0 Å². The summed E-state index contributed by atoms with van der Waals surface area (Å²) in [4.78, 5) is 34.3. The van der Waals surface area contributed by atoms with Crippen LogP contribution in [0.25, 0.3) is 0 Å². The van der Waals surface area contributed by atoms with E-state index in [0.29, 0.717) is 6.42 Å². The molecule has 0 unspecified atom stereocenters. The van der Waals surface area contributed by atoms with E-state index in [2.05, 4.69) is 0 Å². The summed E-state index contributed by atoms with van der Waals surface area (Å²) in [5.74, 6) is -3.38. The maximum atomic E-state index is 12.0. The number of unbranched alkanes of at least 4 members (excludes halogenated alkanes) is 2. The standard InChI is InChI=1S/C14H25NO6/c1-4-7-8-9-11(10-15(18)19)12(13(16)20-5-2)14(17)21-6-3/h11-12H,4-10H2,1-3H3/t11-/m0/s1. The van der Waals surface area contributed by atoms with E-state index in [1.54, 1.807) is 13.8 Å². The average molecular weight is 303 g/mol. The van der Waals surface area contributed by atoms with Crippen molar-refractivity contribution in [2.75, 3.05) is 19.8 Å². The van der Waals surface area contributed by atoms with Gasteiger partial charge in [-0.05, 0) is 20.3 Å². The van der Waals surface area contributed by atoms with Crippen LogP contribution >= 0.6 is 0 Å². The quantitative estimate of drug-likeness (QED) is 0.191. The van der Waals surface area contributed by atoms with E-state index < -0.39 is 35.2 Å². The third kappa shape index (κ3) is 7.63. The zero-order valence-corrected chi connectivity index (χ0v) is 13.0. The largest absolute Gasteiger partial charge is 0.465 e. The fourth-order valence-electron chi connectivity index (χ4n) is 2.16. The Morgan fingerprint density at radius 3 is 1.95 bits per heavy atom. The normalized spacial score (nSPS) is 12.0. The number of carbonyl (C=O) groups is 2. The number of hydrogen-bond acceptors (Lipinski definition) is 6. The number of nitro groups is 1. The highest BCUT2D eigenvalue weighted by atomic mass is 16.6. The molecular weight excluding hydrogens is 278 g/mol. The van der Waals surface area contributed by atoms with Gasteiger partial charge >= 0.3 is 11.9 Å². The average Bonchev–Trinajstić information content (AvgIpc) is 2.39. The molecule has 0 bridgehead atoms. The second-order valence-corrected chi connectivity index (χ2v) is 4.75. The molecule has 0 saturated carbocycles. The van der Waals surface area contributed by atoms with Crippen LogP contribution in [0.15, 0.2) is 0 Å². The molecule has 0 amide bonds. The van der Waals surface area contributed by atoms with Crippen LogP contribution in [-0.4, -0.2) is 36.6 Å². The Hall–Kier alpha value is -1.66. The molecule has 0 aliphatic rings. The predicted octanol–water partition coefficient (Wildman–Crippen LogP) is 2.20. The van der Waals surface area contributed by atoms with E-state index >= 15 is 0 Å². The molecule has 0 aromatic rings. The first-order valence-corrected chi connectivity index (χ1v) is 7.42. The van der Waals surface area contributed by atoms with Crippen molar-refractivity contribution in [3.63, 3.8) is 0 Å². The van der Waals surface area contributed by atoms with Crippen LogP contribution in [0.1, 0.15) is 46.5 Å². The van der Waals surface area contributed by atoms with E-state index in [-0.39, 0.29) is 13.2 Å². The number of esters is 2. The maximum Gasteiger partial charge on any atom is 0.320 e. The summed E-state index contributed by atoms with van der Waals surface area (Å²) in [5, 5.41) is 10.8. The van der Waals surface area contributed by atoms with Crippen molar-refractivity contribution in [3.05, 3.63) is 10.1 Å². The molecule has 7 nitrogen and oxygen atoms in total. The zero-order valence-electron chi connectivity index (χ0n) is 13.0. The summed E-state index contributed by atoms with van der Waals surface area (Å²) in [6, 6.07) is 0. The molecule has 0 spiro atoms. The Morgan fingerprint density at radius 2 is 1.57 bits per heavy atom. The highest BCUT2D eigenvalue weighted by Crippen LogP contribution is 2.23. The number of hydrogen-bond donors (Lipinski definition) is 0. The summed E-state index contributed by atoms with van der Waals surface area (Å²) in [7, 11) is 0. The van der Waals surface area contributed by atoms with E-state index in [9.17, 15) is 19.7 Å². The first kappa shape index (κ1) is 19.3. The second kappa shape index (κ2) is 11.0. The lowest BCUT2D eigenvalue weighted by Crippen LogP contribution is -2.37. The molecule has 0 aliphatic carbocycles. The first-order valence-electron chi connectivity index (χ1n) is 7.42. The number of rotatable bonds is 11. The van der Waals surface area contributed by atoms with Crippen molar-refractivity contribution in [1.29, 1.82) is 0 Å². The van der Waals surface area contributed by atoms with Crippen LogP contribution in [0.4, 0.5) is 0 Å². The monoisotopic (exact) mass is 303 g/mol. The SMILES string of the molecule is CCCCC[C@@H](C[N+](=O)[O-])C(C(=O)OCC)C(=O)OCC. The predicted molar refractivity (Wildman–Crippen MR) is 76.2 cm³/mol. The van der Waals surface area contributed by atoms with Crippen molar-refractivity contribution in [2.24, 2.45) is 11.8 Å². The molecule has 0 radical (unpaired) electrons. The van der Waals surface area contributed by atoms with Gasteiger partial charge in [-0.2, -0.15) is 0 Å². The third-order valence-corrected chi connectivity index (χ3v) is 3.11. The van der Waals surface area contributed by atoms with Crippen LogP contribution in [-0.2, 0) is 19.1 Å². The van der Waals surface area contributed by atoms with Gasteiger partial charge in [0.15, 0.2) is 5.92 Å². The molecule has 122 valence electrons. The Bertz CT molecular complexity index is 326. The van der Waals surface area contributed by atoms with Crippen molar-refractivity contribution in [3.8, 4) is 0 Å². The van der Waals surface area contributed by atoms with E-state index in [0.717, 1.165) is 19.3 Å². The number of ether oxygens (including phenoxy) is 2. The number of nitrogens with zero attached hydrogens (tertiary/aromatic N) is 1. The summed E-state index contributed by atoms with van der Waals surface area (Å²) in [6.07, 6.45) is 3.00. The third-order valence-electron chi connectivity index (χ3n) is 3.11. The first-order chi connectivity index (χ1) is 9.97. The summed E-state index contributed by atoms with van der Waals surface area (Å²) in [6.45, 7) is 5.06. The molecule has 0 fully saturated rings. The van der Waals surface area contributed by atoms with Gasteiger partial charge in [-0.3, -0.25) is 19.7 Å². The topological polar surface area (TPSA) is 95.7 Å². The minimum absolute atomic E-state index is 0.120. The molecule has 0 saturated heterocycles. The maximum absolute atomic E-state index is 12.0. The molecule has 1 atom stereocenters. The van der Waals surface area contributed by atoms with Crippen LogP contribution in [0.5, 0.6) is 0 Å². The van der Waals surface area contributed by atoms with Crippen molar-refractivity contribution >= 4 is 11.9 Å². The summed E-state index contributed by atoms with van der Waals surface area (Å²) < 4.78 is 9.76. The molecule has 7 heteroatoms. The van der Waals surface area contributed by atoms with Gasteiger partial charge in [-0.1, -0.05) is 26.2 Å². The second-order valence-electron chi connectivity index (χ2n) is 4.75.